The summed E-state index contributed by atoms with van der Waals surface area (Å²) >= 11 is 0. The third-order valence-electron chi connectivity index (χ3n) is 6.03. The lowest BCUT2D eigenvalue weighted by Crippen LogP contribution is -2.49. The summed E-state index contributed by atoms with van der Waals surface area (Å²) < 4.78 is 1.99. The Bertz CT molecular complexity index is 803. The minimum Gasteiger partial charge on any atom is -0.353 e. The summed E-state index contributed by atoms with van der Waals surface area (Å²) in [6.07, 6.45) is 9.17. The van der Waals surface area contributed by atoms with Gasteiger partial charge in [-0.15, -0.1) is 0 Å². The van der Waals surface area contributed by atoms with Crippen molar-refractivity contribution in [1.82, 2.24) is 24.4 Å². The van der Waals surface area contributed by atoms with Crippen LogP contribution < -0.4 is 4.90 Å². The fraction of sp³-hybridized carbons (Fsp3) is 0.600. The van der Waals surface area contributed by atoms with Gasteiger partial charge in [0, 0.05) is 44.4 Å². The molecule has 27 heavy (non-hydrogen) atoms. The van der Waals surface area contributed by atoms with Crippen LogP contribution in [0.3, 0.4) is 0 Å². The third-order valence-corrected chi connectivity index (χ3v) is 6.03. The molecule has 0 radical (unpaired) electrons. The lowest BCUT2D eigenvalue weighted by molar-refractivity contribution is -0.132. The maximum atomic E-state index is 12.5. The van der Waals surface area contributed by atoms with Crippen LogP contribution in [-0.4, -0.2) is 56.5 Å². The number of aryl methyl sites for hydroxylation is 1. The van der Waals surface area contributed by atoms with Crippen LogP contribution in [0.15, 0.2) is 18.7 Å². The molecule has 0 atom stereocenters. The predicted molar refractivity (Wildman–Crippen MR) is 104 cm³/mol. The molecular weight excluding hydrogens is 340 g/mol. The Labute approximate surface area is 160 Å². The van der Waals surface area contributed by atoms with E-state index in [4.69, 9.17) is 0 Å². The number of anilines is 1. The molecule has 3 heterocycles. The zero-order valence-electron chi connectivity index (χ0n) is 16.3. The van der Waals surface area contributed by atoms with Crippen LogP contribution in [0.5, 0.6) is 0 Å². The summed E-state index contributed by atoms with van der Waals surface area (Å²) in [5.41, 5.74) is 2.09. The smallest absolute Gasteiger partial charge is 0.222 e. The highest BCUT2D eigenvalue weighted by molar-refractivity contribution is 5.76. The van der Waals surface area contributed by atoms with Gasteiger partial charge in [0.2, 0.25) is 5.91 Å². The van der Waals surface area contributed by atoms with Crippen molar-refractivity contribution < 1.29 is 4.79 Å². The van der Waals surface area contributed by atoms with Crippen molar-refractivity contribution in [3.05, 3.63) is 30.1 Å². The number of carbonyl (C=O) groups is 1. The Morgan fingerprint density at radius 3 is 2.41 bits per heavy atom. The average molecular weight is 368 g/mol. The van der Waals surface area contributed by atoms with Gasteiger partial charge < -0.3 is 9.80 Å². The van der Waals surface area contributed by atoms with E-state index in [1.54, 1.807) is 12.7 Å². The summed E-state index contributed by atoms with van der Waals surface area (Å²) in [6, 6.07) is 2.00. The lowest BCUT2D eigenvalue weighted by atomic mass is 10.0. The maximum Gasteiger partial charge on any atom is 0.222 e. The summed E-state index contributed by atoms with van der Waals surface area (Å²) in [5, 5.41) is 0. The number of rotatable bonds is 4. The number of imidazole rings is 1. The van der Waals surface area contributed by atoms with Crippen LogP contribution in [0.4, 0.5) is 5.82 Å². The van der Waals surface area contributed by atoms with Gasteiger partial charge in [-0.05, 0) is 32.6 Å². The first-order valence-corrected chi connectivity index (χ1v) is 9.97. The van der Waals surface area contributed by atoms with E-state index in [9.17, 15) is 4.79 Å². The van der Waals surface area contributed by atoms with Crippen molar-refractivity contribution in [2.24, 2.45) is 5.92 Å². The van der Waals surface area contributed by atoms with E-state index in [2.05, 4.69) is 19.9 Å². The fourth-order valence-electron chi connectivity index (χ4n) is 4.15. The molecule has 2 aromatic rings. The fourth-order valence-corrected chi connectivity index (χ4v) is 4.15. The van der Waals surface area contributed by atoms with Gasteiger partial charge >= 0.3 is 0 Å². The average Bonchev–Trinajstić information content (AvgIpc) is 3.32. The maximum absolute atomic E-state index is 12.5. The molecule has 1 saturated carbocycles. The first kappa shape index (κ1) is 17.9. The second-order valence-electron chi connectivity index (χ2n) is 7.74. The monoisotopic (exact) mass is 368 g/mol. The van der Waals surface area contributed by atoms with Crippen molar-refractivity contribution in [3.8, 4) is 5.82 Å². The Kier molecular flexibility index (Phi) is 5.09. The number of amides is 1. The largest absolute Gasteiger partial charge is 0.353 e. The molecule has 144 valence electrons. The molecule has 1 aliphatic carbocycles. The molecule has 0 spiro atoms. The standard InChI is InChI=1S/C20H28N6O/c1-15-16(2)26(14-23-15)19-12-18(21-13-22-19)24-7-9-25(10-8-24)20(27)11-17-5-3-4-6-17/h12-14,17H,3-11H2,1-2H3. The Morgan fingerprint density at radius 1 is 1.04 bits per heavy atom. The number of aromatic nitrogens is 4. The molecule has 0 bridgehead atoms. The molecule has 2 aliphatic rings. The normalized spacial score (nSPS) is 18.3. The van der Waals surface area contributed by atoms with E-state index < -0.39 is 0 Å². The van der Waals surface area contributed by atoms with E-state index in [0.29, 0.717) is 11.8 Å². The van der Waals surface area contributed by atoms with Gasteiger partial charge in [0.25, 0.3) is 0 Å². The third kappa shape index (κ3) is 3.82. The van der Waals surface area contributed by atoms with Crippen LogP contribution in [0.25, 0.3) is 5.82 Å². The zero-order valence-corrected chi connectivity index (χ0v) is 16.3. The lowest BCUT2D eigenvalue weighted by Gasteiger charge is -2.36. The predicted octanol–water partition coefficient (Wildman–Crippen LogP) is 2.51. The van der Waals surface area contributed by atoms with Crippen molar-refractivity contribution in [2.45, 2.75) is 46.0 Å². The number of nitrogens with zero attached hydrogens (tertiary/aromatic N) is 6. The van der Waals surface area contributed by atoms with E-state index in [0.717, 1.165) is 55.6 Å². The molecule has 2 fully saturated rings. The van der Waals surface area contributed by atoms with Gasteiger partial charge in [-0.25, -0.2) is 15.0 Å². The highest BCUT2D eigenvalue weighted by Gasteiger charge is 2.25. The number of carbonyl (C=O) groups excluding carboxylic acids is 1. The van der Waals surface area contributed by atoms with E-state index in [1.165, 1.54) is 25.7 Å². The molecule has 1 aliphatic heterocycles. The Morgan fingerprint density at radius 2 is 1.74 bits per heavy atom. The summed E-state index contributed by atoms with van der Waals surface area (Å²) in [4.78, 5) is 30.0. The quantitative estimate of drug-likeness (QED) is 0.829. The summed E-state index contributed by atoms with van der Waals surface area (Å²) in [7, 11) is 0. The molecule has 0 aromatic carbocycles. The molecule has 1 amide bonds. The zero-order chi connectivity index (χ0) is 18.8. The molecule has 7 heteroatoms. The van der Waals surface area contributed by atoms with Crippen LogP contribution >= 0.6 is 0 Å². The topological polar surface area (TPSA) is 67.2 Å². The Balaban J connectivity index is 1.39. The minimum atomic E-state index is 0.328. The molecule has 0 N–H and O–H groups in total. The number of hydrogen-bond acceptors (Lipinski definition) is 5. The van der Waals surface area contributed by atoms with Gasteiger partial charge in [-0.3, -0.25) is 9.36 Å². The summed E-state index contributed by atoms with van der Waals surface area (Å²) in [5.74, 6) is 2.68. The molecule has 2 aromatic heterocycles. The van der Waals surface area contributed by atoms with Crippen molar-refractivity contribution in [3.63, 3.8) is 0 Å². The number of piperazine rings is 1. The van der Waals surface area contributed by atoms with Crippen molar-refractivity contribution in [2.75, 3.05) is 31.1 Å². The van der Waals surface area contributed by atoms with Gasteiger partial charge in [-0.2, -0.15) is 0 Å². The summed E-state index contributed by atoms with van der Waals surface area (Å²) in [6.45, 7) is 7.21. The SMILES string of the molecule is Cc1ncn(-c2cc(N3CCN(C(=O)CC4CCCC4)CC3)ncn2)c1C. The van der Waals surface area contributed by atoms with Gasteiger partial charge in [-0.1, -0.05) is 12.8 Å². The highest BCUT2D eigenvalue weighted by Crippen LogP contribution is 2.28. The molecular formula is C20H28N6O. The van der Waals surface area contributed by atoms with Gasteiger partial charge in [0.05, 0.1) is 5.69 Å². The Hall–Kier alpha value is -2.44. The molecule has 4 rings (SSSR count). The van der Waals surface area contributed by atoms with Crippen molar-refractivity contribution in [1.29, 1.82) is 0 Å². The first-order valence-electron chi connectivity index (χ1n) is 9.97. The van der Waals surface area contributed by atoms with Crippen LogP contribution in [0, 0.1) is 19.8 Å². The highest BCUT2D eigenvalue weighted by atomic mass is 16.2. The molecule has 0 unspecified atom stereocenters. The molecule has 1 saturated heterocycles. The van der Waals surface area contributed by atoms with Gasteiger partial charge in [0.1, 0.15) is 24.3 Å². The molecule has 7 nitrogen and oxygen atoms in total. The van der Waals surface area contributed by atoms with Crippen molar-refractivity contribution >= 4 is 11.7 Å². The van der Waals surface area contributed by atoms with E-state index in [1.807, 2.05) is 29.4 Å². The van der Waals surface area contributed by atoms with Crippen LogP contribution in [-0.2, 0) is 4.79 Å². The first-order chi connectivity index (χ1) is 13.1. The van der Waals surface area contributed by atoms with E-state index in [-0.39, 0.29) is 0 Å². The minimum absolute atomic E-state index is 0.328. The second kappa shape index (κ2) is 7.66. The van der Waals surface area contributed by atoms with Gasteiger partial charge in [0.15, 0.2) is 0 Å². The van der Waals surface area contributed by atoms with Crippen LogP contribution in [0.2, 0.25) is 0 Å². The second-order valence-corrected chi connectivity index (χ2v) is 7.74. The van der Waals surface area contributed by atoms with Crippen LogP contribution in [0.1, 0.15) is 43.5 Å². The van der Waals surface area contributed by atoms with E-state index >= 15 is 0 Å². The number of hydrogen-bond donors (Lipinski definition) is 0.